The summed E-state index contributed by atoms with van der Waals surface area (Å²) in [6.07, 6.45) is 3.14. The Labute approximate surface area is 90.1 Å². The second-order valence-electron chi connectivity index (χ2n) is 2.87. The Morgan fingerprint density at radius 1 is 1.07 bits per heavy atom. The van der Waals surface area contributed by atoms with Crippen LogP contribution in [0.5, 0.6) is 0 Å². The molecule has 0 atom stereocenters. The van der Waals surface area contributed by atoms with Crippen molar-refractivity contribution in [1.82, 2.24) is 0 Å². The van der Waals surface area contributed by atoms with Crippen molar-refractivity contribution >= 4 is 0 Å². The Hall–Kier alpha value is -0.840. The zero-order valence-electron chi connectivity index (χ0n) is 9.49. The van der Waals surface area contributed by atoms with Gasteiger partial charge in [0, 0.05) is 19.8 Å². The molecule has 0 aliphatic heterocycles. The predicted molar refractivity (Wildman–Crippen MR) is 55.3 cm³/mol. The SMILES string of the molecule is CCOC(OCC)(OCC)c1ccoc1. The minimum atomic E-state index is -1.12. The summed E-state index contributed by atoms with van der Waals surface area (Å²) in [4.78, 5) is 0. The van der Waals surface area contributed by atoms with E-state index in [0.29, 0.717) is 19.8 Å². The lowest BCUT2D eigenvalue weighted by Crippen LogP contribution is -2.36. The highest BCUT2D eigenvalue weighted by Gasteiger charge is 2.36. The maximum Gasteiger partial charge on any atom is 0.315 e. The lowest BCUT2D eigenvalue weighted by atomic mass is 10.3. The van der Waals surface area contributed by atoms with Crippen LogP contribution in [0, 0.1) is 0 Å². The number of furan rings is 1. The van der Waals surface area contributed by atoms with E-state index < -0.39 is 5.97 Å². The smallest absolute Gasteiger partial charge is 0.315 e. The van der Waals surface area contributed by atoms with Crippen molar-refractivity contribution in [2.45, 2.75) is 26.7 Å². The molecule has 1 heterocycles. The van der Waals surface area contributed by atoms with Gasteiger partial charge in [-0.25, -0.2) is 0 Å². The molecule has 0 saturated carbocycles. The first kappa shape index (κ1) is 12.2. The van der Waals surface area contributed by atoms with E-state index in [9.17, 15) is 0 Å². The molecule has 86 valence electrons. The molecule has 0 unspecified atom stereocenters. The van der Waals surface area contributed by atoms with E-state index >= 15 is 0 Å². The average molecular weight is 214 g/mol. The van der Waals surface area contributed by atoms with Crippen molar-refractivity contribution in [1.29, 1.82) is 0 Å². The number of hydrogen-bond acceptors (Lipinski definition) is 4. The molecule has 0 amide bonds. The largest absolute Gasteiger partial charge is 0.472 e. The molecule has 0 saturated heterocycles. The first-order valence-corrected chi connectivity index (χ1v) is 5.23. The van der Waals surface area contributed by atoms with E-state index in [-0.39, 0.29) is 0 Å². The maximum absolute atomic E-state index is 5.55. The van der Waals surface area contributed by atoms with Gasteiger partial charge in [-0.15, -0.1) is 0 Å². The van der Waals surface area contributed by atoms with Crippen LogP contribution in [0.3, 0.4) is 0 Å². The van der Waals surface area contributed by atoms with Crippen molar-refractivity contribution in [3.63, 3.8) is 0 Å². The van der Waals surface area contributed by atoms with Crippen molar-refractivity contribution in [3.05, 3.63) is 24.2 Å². The van der Waals surface area contributed by atoms with Gasteiger partial charge in [0.2, 0.25) is 0 Å². The quantitative estimate of drug-likeness (QED) is 0.654. The molecule has 0 aromatic carbocycles. The molecule has 0 radical (unpaired) electrons. The van der Waals surface area contributed by atoms with Crippen molar-refractivity contribution in [2.24, 2.45) is 0 Å². The van der Waals surface area contributed by atoms with Gasteiger partial charge >= 0.3 is 5.97 Å². The van der Waals surface area contributed by atoms with Gasteiger partial charge in [0.25, 0.3) is 0 Å². The third kappa shape index (κ3) is 2.81. The van der Waals surface area contributed by atoms with Gasteiger partial charge in [0.1, 0.15) is 6.26 Å². The van der Waals surface area contributed by atoms with E-state index in [1.54, 1.807) is 18.6 Å². The molecule has 0 spiro atoms. The molecular weight excluding hydrogens is 196 g/mol. The van der Waals surface area contributed by atoms with Crippen LogP contribution in [0.25, 0.3) is 0 Å². The molecule has 0 aliphatic rings. The minimum Gasteiger partial charge on any atom is -0.472 e. The molecule has 15 heavy (non-hydrogen) atoms. The Kier molecular flexibility index (Phi) is 4.81. The highest BCUT2D eigenvalue weighted by Crippen LogP contribution is 2.29. The van der Waals surface area contributed by atoms with Crippen LogP contribution in [-0.4, -0.2) is 19.8 Å². The van der Waals surface area contributed by atoms with Crippen molar-refractivity contribution in [3.8, 4) is 0 Å². The fraction of sp³-hybridized carbons (Fsp3) is 0.636. The fourth-order valence-corrected chi connectivity index (χ4v) is 1.38. The number of ether oxygens (including phenoxy) is 3. The summed E-state index contributed by atoms with van der Waals surface area (Å²) in [6.45, 7) is 7.20. The van der Waals surface area contributed by atoms with E-state index in [1.165, 1.54) is 0 Å². The highest BCUT2D eigenvalue weighted by atomic mass is 16.9. The zero-order chi connectivity index (χ0) is 11.1. The van der Waals surface area contributed by atoms with Gasteiger partial charge in [-0.1, -0.05) is 0 Å². The van der Waals surface area contributed by atoms with Crippen LogP contribution in [0.2, 0.25) is 0 Å². The molecule has 0 fully saturated rings. The van der Waals surface area contributed by atoms with Gasteiger partial charge in [-0.3, -0.25) is 0 Å². The summed E-state index contributed by atoms with van der Waals surface area (Å²) in [5, 5.41) is 0. The fourth-order valence-electron chi connectivity index (χ4n) is 1.38. The van der Waals surface area contributed by atoms with Crippen LogP contribution >= 0.6 is 0 Å². The first-order chi connectivity index (χ1) is 7.29. The lowest BCUT2D eigenvalue weighted by molar-refractivity contribution is -0.389. The Balaban J connectivity index is 2.90. The standard InChI is InChI=1S/C11H18O4/c1-4-13-11(14-5-2,15-6-3)10-7-8-12-9-10/h7-9H,4-6H2,1-3H3. The molecule has 0 bridgehead atoms. The maximum atomic E-state index is 5.55. The Morgan fingerprint density at radius 3 is 1.93 bits per heavy atom. The third-order valence-electron chi connectivity index (χ3n) is 1.88. The van der Waals surface area contributed by atoms with E-state index in [4.69, 9.17) is 18.6 Å². The second-order valence-corrected chi connectivity index (χ2v) is 2.87. The second kappa shape index (κ2) is 5.90. The summed E-state index contributed by atoms with van der Waals surface area (Å²) >= 11 is 0. The van der Waals surface area contributed by atoms with Crippen LogP contribution < -0.4 is 0 Å². The van der Waals surface area contributed by atoms with Gasteiger partial charge < -0.3 is 18.6 Å². The third-order valence-corrected chi connectivity index (χ3v) is 1.88. The Bertz CT molecular complexity index is 239. The first-order valence-electron chi connectivity index (χ1n) is 5.23. The van der Waals surface area contributed by atoms with Crippen LogP contribution in [0.15, 0.2) is 23.0 Å². The molecule has 0 N–H and O–H groups in total. The molecule has 1 aromatic rings. The molecular formula is C11H18O4. The highest BCUT2D eigenvalue weighted by molar-refractivity contribution is 5.10. The molecule has 1 rings (SSSR count). The van der Waals surface area contributed by atoms with Gasteiger partial charge in [-0.05, 0) is 26.8 Å². The van der Waals surface area contributed by atoms with Crippen LogP contribution in [0.1, 0.15) is 26.3 Å². The predicted octanol–water partition coefficient (Wildman–Crippen LogP) is 2.50. The van der Waals surface area contributed by atoms with Crippen LogP contribution in [-0.2, 0) is 20.2 Å². The normalized spacial score (nSPS) is 11.9. The Morgan fingerprint density at radius 2 is 1.60 bits per heavy atom. The van der Waals surface area contributed by atoms with Crippen molar-refractivity contribution < 1.29 is 18.6 Å². The van der Waals surface area contributed by atoms with Crippen LogP contribution in [0.4, 0.5) is 0 Å². The lowest BCUT2D eigenvalue weighted by Gasteiger charge is -2.31. The van der Waals surface area contributed by atoms with Gasteiger partial charge in [-0.2, -0.15) is 0 Å². The molecule has 4 nitrogen and oxygen atoms in total. The topological polar surface area (TPSA) is 40.8 Å². The number of hydrogen-bond donors (Lipinski definition) is 0. The van der Waals surface area contributed by atoms with E-state index in [2.05, 4.69) is 0 Å². The summed E-state index contributed by atoms with van der Waals surface area (Å²) in [5.41, 5.74) is 0.744. The van der Waals surface area contributed by atoms with E-state index in [0.717, 1.165) is 5.56 Å². The molecule has 0 aliphatic carbocycles. The van der Waals surface area contributed by atoms with E-state index in [1.807, 2.05) is 20.8 Å². The monoisotopic (exact) mass is 214 g/mol. The summed E-state index contributed by atoms with van der Waals surface area (Å²) in [6, 6.07) is 1.78. The van der Waals surface area contributed by atoms with Gasteiger partial charge in [0.15, 0.2) is 0 Å². The summed E-state index contributed by atoms with van der Waals surface area (Å²) in [7, 11) is 0. The summed E-state index contributed by atoms with van der Waals surface area (Å²) < 4.78 is 21.7. The van der Waals surface area contributed by atoms with Crippen molar-refractivity contribution in [2.75, 3.05) is 19.8 Å². The van der Waals surface area contributed by atoms with Gasteiger partial charge in [0.05, 0.1) is 11.8 Å². The zero-order valence-corrected chi connectivity index (χ0v) is 9.49. The number of rotatable bonds is 7. The molecule has 4 heteroatoms. The average Bonchev–Trinajstić information content (AvgIpc) is 2.72. The summed E-state index contributed by atoms with van der Waals surface area (Å²) in [5.74, 6) is -1.12. The molecule has 1 aromatic heterocycles. The minimum absolute atomic E-state index is 0.505.